The minimum absolute atomic E-state index is 0.0869. The topological polar surface area (TPSA) is 79.5 Å². The number of benzene rings is 1. The fourth-order valence-electron chi connectivity index (χ4n) is 2.03. The molecule has 1 amide bonds. The first-order valence-corrected chi connectivity index (χ1v) is 6.72. The van der Waals surface area contributed by atoms with Crippen molar-refractivity contribution in [2.75, 3.05) is 6.54 Å². The van der Waals surface area contributed by atoms with Gasteiger partial charge in [0.05, 0.1) is 18.4 Å². The molecule has 0 spiro atoms. The SMILES string of the molecule is O=C(CCc1ccoc1)NCC(C(=O)O)c1ccccc1. The molecule has 21 heavy (non-hydrogen) atoms. The first kappa shape index (κ1) is 14.8. The third kappa shape index (κ3) is 4.49. The number of hydrogen-bond acceptors (Lipinski definition) is 3. The molecule has 110 valence electrons. The number of aliphatic carboxylic acids is 1. The number of hydrogen-bond donors (Lipinski definition) is 2. The van der Waals surface area contributed by atoms with Crippen molar-refractivity contribution in [2.45, 2.75) is 18.8 Å². The Morgan fingerprint density at radius 2 is 1.95 bits per heavy atom. The van der Waals surface area contributed by atoms with Gasteiger partial charge in [0.2, 0.25) is 5.91 Å². The van der Waals surface area contributed by atoms with Gasteiger partial charge in [-0.1, -0.05) is 30.3 Å². The maximum Gasteiger partial charge on any atom is 0.312 e. The van der Waals surface area contributed by atoms with E-state index in [1.807, 2.05) is 6.07 Å². The second-order valence-electron chi connectivity index (χ2n) is 4.74. The monoisotopic (exact) mass is 287 g/mol. The Morgan fingerprint density at radius 1 is 1.19 bits per heavy atom. The van der Waals surface area contributed by atoms with E-state index in [2.05, 4.69) is 5.32 Å². The second-order valence-corrected chi connectivity index (χ2v) is 4.74. The molecule has 0 fully saturated rings. The zero-order valence-electron chi connectivity index (χ0n) is 11.5. The van der Waals surface area contributed by atoms with E-state index in [1.54, 1.807) is 42.9 Å². The molecule has 0 saturated carbocycles. The Kier molecular flexibility index (Phi) is 5.15. The molecular formula is C16H17NO4. The van der Waals surface area contributed by atoms with Crippen LogP contribution in [-0.4, -0.2) is 23.5 Å². The number of carboxylic acids is 1. The summed E-state index contributed by atoms with van der Waals surface area (Å²) in [6.45, 7) is 0.0869. The third-order valence-electron chi connectivity index (χ3n) is 3.22. The Morgan fingerprint density at radius 3 is 2.57 bits per heavy atom. The lowest BCUT2D eigenvalue weighted by molar-refractivity contribution is -0.138. The van der Waals surface area contributed by atoms with Gasteiger partial charge >= 0.3 is 5.97 Å². The summed E-state index contributed by atoms with van der Waals surface area (Å²) in [5, 5.41) is 11.9. The van der Waals surface area contributed by atoms with E-state index < -0.39 is 11.9 Å². The quantitative estimate of drug-likeness (QED) is 0.818. The summed E-state index contributed by atoms with van der Waals surface area (Å²) < 4.78 is 4.92. The van der Waals surface area contributed by atoms with Crippen molar-refractivity contribution in [3.05, 3.63) is 60.1 Å². The summed E-state index contributed by atoms with van der Waals surface area (Å²) in [7, 11) is 0. The lowest BCUT2D eigenvalue weighted by Crippen LogP contribution is -2.31. The molecule has 2 rings (SSSR count). The standard InChI is InChI=1S/C16H17NO4/c18-15(7-6-12-8-9-21-11-12)17-10-14(16(19)20)13-4-2-1-3-5-13/h1-5,8-9,11,14H,6-7,10H2,(H,17,18)(H,19,20). The average molecular weight is 287 g/mol. The van der Waals surface area contributed by atoms with E-state index in [9.17, 15) is 14.7 Å². The maximum atomic E-state index is 11.8. The van der Waals surface area contributed by atoms with Crippen LogP contribution in [0, 0.1) is 0 Å². The van der Waals surface area contributed by atoms with E-state index in [0.29, 0.717) is 18.4 Å². The lowest BCUT2D eigenvalue weighted by atomic mass is 9.99. The fraction of sp³-hybridized carbons (Fsp3) is 0.250. The van der Waals surface area contributed by atoms with Crippen molar-refractivity contribution < 1.29 is 19.1 Å². The second kappa shape index (κ2) is 7.28. The first-order chi connectivity index (χ1) is 10.2. The fourth-order valence-corrected chi connectivity index (χ4v) is 2.03. The highest BCUT2D eigenvalue weighted by atomic mass is 16.4. The van der Waals surface area contributed by atoms with Crippen LogP contribution in [0.15, 0.2) is 53.3 Å². The highest BCUT2D eigenvalue weighted by Gasteiger charge is 2.20. The number of rotatable bonds is 7. The average Bonchev–Trinajstić information content (AvgIpc) is 2.99. The Labute approximate surface area is 122 Å². The number of aryl methyl sites for hydroxylation is 1. The first-order valence-electron chi connectivity index (χ1n) is 6.72. The molecule has 0 aliphatic carbocycles. The highest BCUT2D eigenvalue weighted by Crippen LogP contribution is 2.14. The van der Waals surface area contributed by atoms with Crippen molar-refractivity contribution in [3.63, 3.8) is 0 Å². The zero-order valence-corrected chi connectivity index (χ0v) is 11.5. The van der Waals surface area contributed by atoms with Crippen LogP contribution in [-0.2, 0) is 16.0 Å². The largest absolute Gasteiger partial charge is 0.481 e. The summed E-state index contributed by atoms with van der Waals surface area (Å²) in [5.74, 6) is -1.85. The Hall–Kier alpha value is -2.56. The van der Waals surface area contributed by atoms with Crippen LogP contribution in [0.1, 0.15) is 23.5 Å². The van der Waals surface area contributed by atoms with Crippen LogP contribution in [0.25, 0.3) is 0 Å². The Bertz CT molecular complexity index is 578. The minimum atomic E-state index is -0.948. The van der Waals surface area contributed by atoms with Gasteiger partial charge in [-0.3, -0.25) is 9.59 Å². The number of amides is 1. The highest BCUT2D eigenvalue weighted by molar-refractivity contribution is 5.79. The van der Waals surface area contributed by atoms with E-state index >= 15 is 0 Å². The van der Waals surface area contributed by atoms with E-state index in [-0.39, 0.29) is 12.5 Å². The van der Waals surface area contributed by atoms with E-state index in [4.69, 9.17) is 4.42 Å². The molecule has 1 aromatic heterocycles. The minimum Gasteiger partial charge on any atom is -0.481 e. The molecule has 1 unspecified atom stereocenters. The van der Waals surface area contributed by atoms with Crippen molar-refractivity contribution in [2.24, 2.45) is 0 Å². The molecule has 1 heterocycles. The molecule has 2 aromatic rings. The number of nitrogens with one attached hydrogen (secondary N) is 1. The summed E-state index contributed by atoms with van der Waals surface area (Å²) in [5.41, 5.74) is 1.63. The molecule has 2 N–H and O–H groups in total. The smallest absolute Gasteiger partial charge is 0.312 e. The van der Waals surface area contributed by atoms with Crippen molar-refractivity contribution in [1.29, 1.82) is 0 Å². The van der Waals surface area contributed by atoms with E-state index in [1.165, 1.54) is 0 Å². The van der Waals surface area contributed by atoms with E-state index in [0.717, 1.165) is 5.56 Å². The summed E-state index contributed by atoms with van der Waals surface area (Å²) in [4.78, 5) is 23.1. The number of carbonyl (C=O) groups is 2. The number of carboxylic acid groups (broad SMARTS) is 1. The molecule has 0 radical (unpaired) electrons. The molecule has 0 aliphatic heterocycles. The van der Waals surface area contributed by atoms with Gasteiger partial charge in [0.15, 0.2) is 0 Å². The van der Waals surface area contributed by atoms with Gasteiger partial charge in [0.1, 0.15) is 0 Å². The molecule has 1 aromatic carbocycles. The summed E-state index contributed by atoms with van der Waals surface area (Å²) in [6.07, 6.45) is 4.03. The number of carbonyl (C=O) groups excluding carboxylic acids is 1. The molecular weight excluding hydrogens is 270 g/mol. The van der Waals surface area contributed by atoms with Crippen LogP contribution in [0.3, 0.4) is 0 Å². The third-order valence-corrected chi connectivity index (χ3v) is 3.22. The van der Waals surface area contributed by atoms with Gasteiger partial charge in [0, 0.05) is 13.0 Å². The molecule has 1 atom stereocenters. The summed E-state index contributed by atoms with van der Waals surface area (Å²) >= 11 is 0. The van der Waals surface area contributed by atoms with Crippen molar-refractivity contribution in [1.82, 2.24) is 5.32 Å². The van der Waals surface area contributed by atoms with Gasteiger partial charge in [0.25, 0.3) is 0 Å². The van der Waals surface area contributed by atoms with Crippen LogP contribution in [0.2, 0.25) is 0 Å². The summed E-state index contributed by atoms with van der Waals surface area (Å²) in [6, 6.07) is 10.7. The predicted molar refractivity (Wildman–Crippen MR) is 76.9 cm³/mol. The van der Waals surface area contributed by atoms with Crippen LogP contribution in [0.5, 0.6) is 0 Å². The number of furan rings is 1. The van der Waals surface area contributed by atoms with Crippen LogP contribution >= 0.6 is 0 Å². The predicted octanol–water partition coefficient (Wildman–Crippen LogP) is 2.20. The molecule has 5 heteroatoms. The lowest BCUT2D eigenvalue weighted by Gasteiger charge is -2.13. The molecule has 5 nitrogen and oxygen atoms in total. The van der Waals surface area contributed by atoms with Gasteiger partial charge < -0.3 is 14.8 Å². The molecule has 0 saturated heterocycles. The van der Waals surface area contributed by atoms with Crippen molar-refractivity contribution >= 4 is 11.9 Å². The van der Waals surface area contributed by atoms with Gasteiger partial charge in [-0.25, -0.2) is 0 Å². The molecule has 0 aliphatic rings. The van der Waals surface area contributed by atoms with Gasteiger partial charge in [-0.05, 0) is 23.6 Å². The Balaban J connectivity index is 1.84. The van der Waals surface area contributed by atoms with Gasteiger partial charge in [-0.15, -0.1) is 0 Å². The normalized spacial score (nSPS) is 11.8. The maximum absolute atomic E-state index is 11.8. The van der Waals surface area contributed by atoms with Crippen LogP contribution < -0.4 is 5.32 Å². The zero-order chi connectivity index (χ0) is 15.1. The van der Waals surface area contributed by atoms with Gasteiger partial charge in [-0.2, -0.15) is 0 Å². The van der Waals surface area contributed by atoms with Crippen LogP contribution in [0.4, 0.5) is 0 Å². The van der Waals surface area contributed by atoms with Crippen molar-refractivity contribution in [3.8, 4) is 0 Å². The molecule has 0 bridgehead atoms.